The Morgan fingerprint density at radius 1 is 0.971 bits per heavy atom. The van der Waals surface area contributed by atoms with Gasteiger partial charge in [-0.25, -0.2) is 4.79 Å². The minimum absolute atomic E-state index is 0.0786. The van der Waals surface area contributed by atoms with Crippen LogP contribution in [0.5, 0.6) is 0 Å². The Morgan fingerprint density at radius 2 is 1.74 bits per heavy atom. The first-order valence-corrected chi connectivity index (χ1v) is 11.7. The molecule has 6 nitrogen and oxygen atoms in total. The number of piperidine rings is 1. The first kappa shape index (κ1) is 23.4. The van der Waals surface area contributed by atoms with Gasteiger partial charge < -0.3 is 20.4 Å². The highest BCUT2D eigenvalue weighted by atomic mass is 16.2. The largest absolute Gasteiger partial charge is 0.378 e. The van der Waals surface area contributed by atoms with E-state index in [4.69, 9.17) is 0 Å². The number of likely N-dealkylation sites (tertiary alicyclic amines) is 1. The molecule has 0 aliphatic carbocycles. The number of hydrogen-bond donors (Lipinski definition) is 2. The van der Waals surface area contributed by atoms with Crippen molar-refractivity contribution in [1.82, 2.24) is 10.2 Å². The molecule has 1 atom stereocenters. The van der Waals surface area contributed by atoms with Gasteiger partial charge in [-0.2, -0.15) is 0 Å². The van der Waals surface area contributed by atoms with E-state index in [2.05, 4.69) is 16.7 Å². The van der Waals surface area contributed by atoms with Gasteiger partial charge >= 0.3 is 6.03 Å². The maximum absolute atomic E-state index is 12.8. The molecule has 34 heavy (non-hydrogen) atoms. The molecule has 0 saturated carbocycles. The molecule has 3 aromatic carbocycles. The Bertz CT molecular complexity index is 1110. The number of amides is 3. The molecular formula is C28H32N4O2. The molecule has 0 aromatic heterocycles. The summed E-state index contributed by atoms with van der Waals surface area (Å²) in [6.07, 6.45) is 1.94. The third-order valence-electron chi connectivity index (χ3n) is 6.26. The lowest BCUT2D eigenvalue weighted by Crippen LogP contribution is -2.41. The summed E-state index contributed by atoms with van der Waals surface area (Å²) in [6.45, 7) is 1.86. The van der Waals surface area contributed by atoms with Gasteiger partial charge in [-0.1, -0.05) is 42.5 Å². The second-order valence-corrected chi connectivity index (χ2v) is 8.95. The summed E-state index contributed by atoms with van der Waals surface area (Å²) in [6, 6.07) is 25.4. The van der Waals surface area contributed by atoms with Crippen molar-refractivity contribution in [1.29, 1.82) is 0 Å². The fraction of sp³-hybridized carbons (Fsp3) is 0.286. The third kappa shape index (κ3) is 5.95. The highest BCUT2D eigenvalue weighted by Crippen LogP contribution is 2.28. The Morgan fingerprint density at radius 3 is 2.47 bits per heavy atom. The van der Waals surface area contributed by atoms with Crippen LogP contribution >= 0.6 is 0 Å². The number of rotatable bonds is 6. The van der Waals surface area contributed by atoms with E-state index in [1.165, 1.54) is 0 Å². The Hall–Kier alpha value is -3.80. The van der Waals surface area contributed by atoms with Gasteiger partial charge in [0, 0.05) is 56.6 Å². The van der Waals surface area contributed by atoms with Crippen molar-refractivity contribution in [3.05, 3.63) is 95.6 Å². The molecule has 1 saturated heterocycles. The highest BCUT2D eigenvalue weighted by Gasteiger charge is 2.25. The molecular weight excluding hydrogens is 424 g/mol. The average molecular weight is 457 g/mol. The third-order valence-corrected chi connectivity index (χ3v) is 6.26. The highest BCUT2D eigenvalue weighted by molar-refractivity contribution is 5.94. The summed E-state index contributed by atoms with van der Waals surface area (Å²) >= 11 is 0. The molecule has 4 rings (SSSR count). The van der Waals surface area contributed by atoms with Gasteiger partial charge in [0.1, 0.15) is 0 Å². The molecule has 1 unspecified atom stereocenters. The zero-order valence-electron chi connectivity index (χ0n) is 19.8. The quantitative estimate of drug-likeness (QED) is 0.543. The molecule has 3 amide bonds. The topological polar surface area (TPSA) is 64.7 Å². The zero-order chi connectivity index (χ0) is 23.9. The molecule has 176 valence electrons. The second-order valence-electron chi connectivity index (χ2n) is 8.95. The number of urea groups is 1. The van der Waals surface area contributed by atoms with E-state index < -0.39 is 0 Å². The molecule has 1 aliphatic rings. The van der Waals surface area contributed by atoms with Gasteiger partial charge in [0.15, 0.2) is 0 Å². The van der Waals surface area contributed by atoms with Gasteiger partial charge in [0.05, 0.1) is 0 Å². The van der Waals surface area contributed by atoms with Crippen molar-refractivity contribution in [2.45, 2.75) is 25.3 Å². The van der Waals surface area contributed by atoms with Gasteiger partial charge in [-0.3, -0.25) is 4.79 Å². The summed E-state index contributed by atoms with van der Waals surface area (Å²) in [7, 11) is 4.01. The lowest BCUT2D eigenvalue weighted by atomic mass is 9.89. The Kier molecular flexibility index (Phi) is 7.48. The summed E-state index contributed by atoms with van der Waals surface area (Å²) < 4.78 is 0. The van der Waals surface area contributed by atoms with Crippen LogP contribution in [-0.2, 0) is 6.54 Å². The Balaban J connectivity index is 1.36. The number of benzene rings is 3. The second kappa shape index (κ2) is 10.9. The van der Waals surface area contributed by atoms with Crippen molar-refractivity contribution < 1.29 is 9.59 Å². The van der Waals surface area contributed by atoms with E-state index in [0.717, 1.165) is 41.9 Å². The zero-order valence-corrected chi connectivity index (χ0v) is 19.8. The number of hydrogen-bond acceptors (Lipinski definition) is 3. The van der Waals surface area contributed by atoms with Crippen LogP contribution in [0.1, 0.15) is 40.2 Å². The number of nitrogens with one attached hydrogen (secondary N) is 2. The molecule has 0 bridgehead atoms. The van der Waals surface area contributed by atoms with Crippen LogP contribution < -0.4 is 15.5 Å². The lowest BCUT2D eigenvalue weighted by molar-refractivity contribution is 0.0950. The summed E-state index contributed by atoms with van der Waals surface area (Å²) in [5.41, 5.74) is 4.72. The molecule has 0 spiro atoms. The van der Waals surface area contributed by atoms with Crippen molar-refractivity contribution in [3.63, 3.8) is 0 Å². The van der Waals surface area contributed by atoms with E-state index >= 15 is 0 Å². The number of carbonyl (C=O) groups excluding carboxylic acids is 2. The molecule has 1 aliphatic heterocycles. The van der Waals surface area contributed by atoms with Crippen LogP contribution in [0.3, 0.4) is 0 Å². The smallest absolute Gasteiger partial charge is 0.321 e. The molecule has 3 aromatic rings. The fourth-order valence-electron chi connectivity index (χ4n) is 4.29. The predicted octanol–water partition coefficient (Wildman–Crippen LogP) is 5.09. The van der Waals surface area contributed by atoms with E-state index in [-0.39, 0.29) is 17.9 Å². The van der Waals surface area contributed by atoms with Crippen LogP contribution in [0.4, 0.5) is 16.2 Å². The average Bonchev–Trinajstić information content (AvgIpc) is 2.88. The number of para-hydroxylation sites is 1. The van der Waals surface area contributed by atoms with E-state index in [0.29, 0.717) is 18.7 Å². The van der Waals surface area contributed by atoms with Gasteiger partial charge in [-0.15, -0.1) is 0 Å². The molecule has 0 radical (unpaired) electrons. The van der Waals surface area contributed by atoms with Crippen molar-refractivity contribution in [2.75, 3.05) is 37.4 Å². The fourth-order valence-corrected chi connectivity index (χ4v) is 4.29. The van der Waals surface area contributed by atoms with E-state index in [9.17, 15) is 9.59 Å². The first-order valence-electron chi connectivity index (χ1n) is 11.7. The predicted molar refractivity (Wildman–Crippen MR) is 137 cm³/mol. The van der Waals surface area contributed by atoms with Gasteiger partial charge in [0.2, 0.25) is 0 Å². The van der Waals surface area contributed by atoms with Gasteiger partial charge in [0.25, 0.3) is 5.91 Å². The van der Waals surface area contributed by atoms with E-state index in [1.807, 2.05) is 96.7 Å². The minimum Gasteiger partial charge on any atom is -0.378 e. The summed E-state index contributed by atoms with van der Waals surface area (Å²) in [5, 5.41) is 6.00. The number of nitrogens with zero attached hydrogens (tertiary/aromatic N) is 2. The van der Waals surface area contributed by atoms with Crippen LogP contribution in [0.15, 0.2) is 78.9 Å². The molecule has 1 fully saturated rings. The summed E-state index contributed by atoms with van der Waals surface area (Å²) in [4.78, 5) is 29.5. The van der Waals surface area contributed by atoms with Crippen molar-refractivity contribution in [2.24, 2.45) is 0 Å². The lowest BCUT2D eigenvalue weighted by Gasteiger charge is -2.33. The van der Waals surface area contributed by atoms with Crippen LogP contribution in [-0.4, -0.2) is 44.0 Å². The molecule has 2 N–H and O–H groups in total. The summed E-state index contributed by atoms with van der Waals surface area (Å²) in [5.74, 6) is 0.120. The first-order chi connectivity index (χ1) is 16.5. The maximum atomic E-state index is 12.8. The van der Waals surface area contributed by atoms with E-state index in [1.54, 1.807) is 0 Å². The number of anilines is 2. The standard InChI is InChI=1S/C28H32N4O2/c1-31(2)26-15-13-21(14-16-26)19-29-27(33)23-9-6-8-22(18-23)24-10-7-17-32(20-24)28(34)30-25-11-4-3-5-12-25/h3-6,8-9,11-16,18,24H,7,10,17,19-20H2,1-2H3,(H,29,33)(H,30,34). The molecule has 1 heterocycles. The van der Waals surface area contributed by atoms with Crippen molar-refractivity contribution >= 4 is 23.3 Å². The monoisotopic (exact) mass is 456 g/mol. The van der Waals surface area contributed by atoms with Gasteiger partial charge in [-0.05, 0) is 60.4 Å². The number of carbonyl (C=O) groups is 2. The van der Waals surface area contributed by atoms with Crippen molar-refractivity contribution in [3.8, 4) is 0 Å². The van der Waals surface area contributed by atoms with Crippen LogP contribution in [0.25, 0.3) is 0 Å². The maximum Gasteiger partial charge on any atom is 0.321 e. The van der Waals surface area contributed by atoms with Crippen LogP contribution in [0, 0.1) is 0 Å². The van der Waals surface area contributed by atoms with Crippen LogP contribution in [0.2, 0.25) is 0 Å². The minimum atomic E-state index is -0.0898. The normalized spacial score (nSPS) is 15.5. The Labute approximate surface area is 201 Å². The SMILES string of the molecule is CN(C)c1ccc(CNC(=O)c2cccc(C3CCCN(C(=O)Nc4ccccc4)C3)c2)cc1. The molecule has 6 heteroatoms.